The first kappa shape index (κ1) is 15.7. The fourth-order valence-electron chi connectivity index (χ4n) is 2.27. The third-order valence-corrected chi connectivity index (χ3v) is 5.26. The molecule has 0 aliphatic heterocycles. The van der Waals surface area contributed by atoms with Crippen LogP contribution in [-0.2, 0) is 12.8 Å². The fraction of sp³-hybridized carbons (Fsp3) is 0.375. The molecule has 1 heterocycles. The second-order valence-corrected chi connectivity index (χ2v) is 6.72. The molecule has 1 unspecified atom stereocenters. The molecule has 0 bridgehead atoms. The van der Waals surface area contributed by atoms with Crippen molar-refractivity contribution in [3.05, 3.63) is 56.4 Å². The summed E-state index contributed by atoms with van der Waals surface area (Å²) in [4.78, 5) is 1.34. The lowest BCUT2D eigenvalue weighted by atomic mass is 9.95. The van der Waals surface area contributed by atoms with Gasteiger partial charge in [-0.15, -0.1) is 11.3 Å². The van der Waals surface area contributed by atoms with Crippen molar-refractivity contribution in [2.24, 2.45) is 5.92 Å². The number of nitrogens with one attached hydrogen (secondary N) is 1. The van der Waals surface area contributed by atoms with E-state index in [-0.39, 0.29) is 5.82 Å². The summed E-state index contributed by atoms with van der Waals surface area (Å²) in [6, 6.07) is 9.16. The molecule has 1 aromatic heterocycles. The zero-order valence-electron chi connectivity index (χ0n) is 11.5. The van der Waals surface area contributed by atoms with Crippen LogP contribution < -0.4 is 5.32 Å². The van der Waals surface area contributed by atoms with Crippen molar-refractivity contribution in [2.45, 2.75) is 19.8 Å². The van der Waals surface area contributed by atoms with E-state index in [1.165, 1.54) is 4.88 Å². The molecule has 4 heteroatoms. The van der Waals surface area contributed by atoms with Gasteiger partial charge in [0.05, 0.1) is 0 Å². The van der Waals surface area contributed by atoms with Crippen LogP contribution in [0.1, 0.15) is 17.4 Å². The van der Waals surface area contributed by atoms with E-state index in [4.69, 9.17) is 0 Å². The van der Waals surface area contributed by atoms with Gasteiger partial charge in [-0.05, 0) is 70.9 Å². The monoisotopic (exact) mass is 355 g/mol. The van der Waals surface area contributed by atoms with Gasteiger partial charge in [0.2, 0.25) is 0 Å². The summed E-state index contributed by atoms with van der Waals surface area (Å²) in [6.07, 6.45) is 1.74. The number of benzene rings is 1. The van der Waals surface area contributed by atoms with Gasteiger partial charge in [-0.25, -0.2) is 4.39 Å². The summed E-state index contributed by atoms with van der Waals surface area (Å²) in [5, 5.41) is 5.48. The Morgan fingerprint density at radius 3 is 2.70 bits per heavy atom. The van der Waals surface area contributed by atoms with Crippen molar-refractivity contribution in [1.82, 2.24) is 5.32 Å². The second-order valence-electron chi connectivity index (χ2n) is 4.87. The van der Waals surface area contributed by atoms with E-state index >= 15 is 0 Å². The average molecular weight is 356 g/mol. The van der Waals surface area contributed by atoms with Gasteiger partial charge in [-0.3, -0.25) is 0 Å². The molecule has 2 aromatic rings. The predicted molar refractivity (Wildman–Crippen MR) is 87.9 cm³/mol. The smallest absolute Gasteiger partial charge is 0.126 e. The van der Waals surface area contributed by atoms with Crippen LogP contribution in [0.2, 0.25) is 0 Å². The summed E-state index contributed by atoms with van der Waals surface area (Å²) in [5.74, 6) is 0.307. The van der Waals surface area contributed by atoms with E-state index in [1.54, 1.807) is 23.5 Å². The van der Waals surface area contributed by atoms with Crippen molar-refractivity contribution in [1.29, 1.82) is 0 Å². The fourth-order valence-corrected chi connectivity index (χ4v) is 3.90. The second kappa shape index (κ2) is 7.91. The molecule has 1 aromatic carbocycles. The highest BCUT2D eigenvalue weighted by Gasteiger charge is 2.15. The SMILES string of the molecule is CCNCC(Cc1ccccc1F)Cc1sccc1Br. The largest absolute Gasteiger partial charge is 0.317 e. The molecule has 1 atom stereocenters. The van der Waals surface area contributed by atoms with Crippen LogP contribution in [0.4, 0.5) is 4.39 Å². The molecule has 0 radical (unpaired) electrons. The topological polar surface area (TPSA) is 12.0 Å². The predicted octanol–water partition coefficient (Wildman–Crippen LogP) is 4.66. The van der Waals surface area contributed by atoms with Crippen LogP contribution in [0, 0.1) is 11.7 Å². The van der Waals surface area contributed by atoms with E-state index in [9.17, 15) is 4.39 Å². The van der Waals surface area contributed by atoms with Gasteiger partial charge in [0.15, 0.2) is 0 Å². The standard InChI is InChI=1S/C16H19BrFNS/c1-2-19-11-12(10-16-14(17)7-8-20-16)9-13-5-3-4-6-15(13)18/h3-8,12,19H,2,9-11H2,1H3. The molecule has 0 aliphatic carbocycles. The minimum atomic E-state index is -0.0979. The van der Waals surface area contributed by atoms with Gasteiger partial charge in [0, 0.05) is 9.35 Å². The minimum absolute atomic E-state index is 0.0979. The molecule has 1 nitrogen and oxygen atoms in total. The van der Waals surface area contributed by atoms with Crippen LogP contribution in [0.5, 0.6) is 0 Å². The Labute approximate surface area is 132 Å². The number of hydrogen-bond donors (Lipinski definition) is 1. The molecule has 0 aliphatic rings. The quantitative estimate of drug-likeness (QED) is 0.761. The number of thiophene rings is 1. The lowest BCUT2D eigenvalue weighted by Gasteiger charge is -2.17. The molecule has 1 N–H and O–H groups in total. The minimum Gasteiger partial charge on any atom is -0.317 e. The molecule has 108 valence electrons. The van der Waals surface area contributed by atoms with Gasteiger partial charge in [0.1, 0.15) is 5.82 Å². The molecule has 2 rings (SSSR count). The lowest BCUT2D eigenvalue weighted by molar-refractivity contribution is 0.469. The van der Waals surface area contributed by atoms with Gasteiger partial charge >= 0.3 is 0 Å². The van der Waals surface area contributed by atoms with Crippen molar-refractivity contribution < 1.29 is 4.39 Å². The highest BCUT2D eigenvalue weighted by molar-refractivity contribution is 9.10. The van der Waals surface area contributed by atoms with Crippen LogP contribution in [0.25, 0.3) is 0 Å². The summed E-state index contributed by atoms with van der Waals surface area (Å²) in [5.41, 5.74) is 0.808. The molecule has 0 fully saturated rings. The van der Waals surface area contributed by atoms with Crippen LogP contribution >= 0.6 is 27.3 Å². The number of rotatable bonds is 7. The van der Waals surface area contributed by atoms with E-state index in [0.717, 1.165) is 36.0 Å². The Balaban J connectivity index is 2.07. The zero-order valence-corrected chi connectivity index (χ0v) is 13.9. The molecule has 20 heavy (non-hydrogen) atoms. The van der Waals surface area contributed by atoms with E-state index < -0.39 is 0 Å². The molecule has 0 amide bonds. The molecular formula is C16H19BrFNS. The summed E-state index contributed by atoms with van der Waals surface area (Å²) < 4.78 is 15.0. The summed E-state index contributed by atoms with van der Waals surface area (Å²) in [7, 11) is 0. The van der Waals surface area contributed by atoms with Crippen LogP contribution in [-0.4, -0.2) is 13.1 Å². The lowest BCUT2D eigenvalue weighted by Crippen LogP contribution is -2.25. The first-order chi connectivity index (χ1) is 9.70. The van der Waals surface area contributed by atoms with Crippen molar-refractivity contribution in [2.75, 3.05) is 13.1 Å². The Morgan fingerprint density at radius 2 is 2.05 bits per heavy atom. The van der Waals surface area contributed by atoms with Crippen molar-refractivity contribution in [3.8, 4) is 0 Å². The Morgan fingerprint density at radius 1 is 1.25 bits per heavy atom. The first-order valence-electron chi connectivity index (χ1n) is 6.86. The number of hydrogen-bond acceptors (Lipinski definition) is 2. The van der Waals surface area contributed by atoms with Gasteiger partial charge in [0.25, 0.3) is 0 Å². The van der Waals surface area contributed by atoms with Gasteiger partial charge < -0.3 is 5.32 Å². The van der Waals surface area contributed by atoms with E-state index in [0.29, 0.717) is 5.92 Å². The molecule has 0 spiro atoms. The molecule has 0 saturated heterocycles. The Kier molecular flexibility index (Phi) is 6.20. The molecule has 0 saturated carbocycles. The Bertz CT molecular complexity index is 541. The maximum Gasteiger partial charge on any atom is 0.126 e. The summed E-state index contributed by atoms with van der Waals surface area (Å²) >= 11 is 5.34. The zero-order chi connectivity index (χ0) is 14.4. The van der Waals surface area contributed by atoms with Crippen LogP contribution in [0.3, 0.4) is 0 Å². The van der Waals surface area contributed by atoms with E-state index in [1.807, 2.05) is 12.1 Å². The normalized spacial score (nSPS) is 12.6. The van der Waals surface area contributed by atoms with E-state index in [2.05, 4.69) is 39.6 Å². The molecular weight excluding hydrogens is 337 g/mol. The third-order valence-electron chi connectivity index (χ3n) is 3.31. The van der Waals surface area contributed by atoms with Gasteiger partial charge in [-0.2, -0.15) is 0 Å². The highest BCUT2D eigenvalue weighted by Crippen LogP contribution is 2.27. The van der Waals surface area contributed by atoms with Gasteiger partial charge in [-0.1, -0.05) is 25.1 Å². The van der Waals surface area contributed by atoms with Crippen molar-refractivity contribution in [3.63, 3.8) is 0 Å². The summed E-state index contributed by atoms with van der Waals surface area (Å²) in [6.45, 7) is 3.95. The first-order valence-corrected chi connectivity index (χ1v) is 8.54. The maximum absolute atomic E-state index is 13.8. The van der Waals surface area contributed by atoms with Crippen molar-refractivity contribution >= 4 is 27.3 Å². The highest BCUT2D eigenvalue weighted by atomic mass is 79.9. The maximum atomic E-state index is 13.8. The Hall–Kier alpha value is -0.710. The number of halogens is 2. The average Bonchev–Trinajstić information content (AvgIpc) is 2.84. The third kappa shape index (κ3) is 4.40. The van der Waals surface area contributed by atoms with Crippen LogP contribution in [0.15, 0.2) is 40.2 Å².